The molecule has 8 heteroatoms. The van der Waals surface area contributed by atoms with E-state index >= 15 is 0 Å². The molecular weight excluding hydrogens is 464 g/mol. The third-order valence-corrected chi connectivity index (χ3v) is 6.42. The molecule has 182 valence electrons. The number of hydrogen-bond donors (Lipinski definition) is 2. The monoisotopic (exact) mass is 488 g/mol. The first-order chi connectivity index (χ1) is 18.2. The first kappa shape index (κ1) is 22.5. The van der Waals surface area contributed by atoms with Crippen LogP contribution in [0.1, 0.15) is 11.5 Å². The number of benzene rings is 3. The van der Waals surface area contributed by atoms with Crippen LogP contribution in [-0.4, -0.2) is 36.9 Å². The summed E-state index contributed by atoms with van der Waals surface area (Å²) in [4.78, 5) is 23.5. The minimum Gasteiger partial charge on any atom is -0.497 e. The van der Waals surface area contributed by atoms with Gasteiger partial charge in [-0.1, -0.05) is 72.8 Å². The highest BCUT2D eigenvalue weighted by Gasteiger charge is 2.22. The highest BCUT2D eigenvalue weighted by atomic mass is 16.5. The molecule has 0 amide bonds. The van der Waals surface area contributed by atoms with E-state index in [4.69, 9.17) is 9.72 Å². The van der Waals surface area contributed by atoms with Crippen LogP contribution in [0.5, 0.6) is 5.75 Å². The van der Waals surface area contributed by atoms with Crippen molar-refractivity contribution < 1.29 is 4.74 Å². The summed E-state index contributed by atoms with van der Waals surface area (Å²) >= 11 is 0. The Morgan fingerprint density at radius 1 is 0.811 bits per heavy atom. The van der Waals surface area contributed by atoms with Gasteiger partial charge in [-0.3, -0.25) is 15.0 Å². The van der Waals surface area contributed by atoms with Crippen LogP contribution >= 0.6 is 0 Å². The highest BCUT2D eigenvalue weighted by Crippen LogP contribution is 2.35. The number of aryl methyl sites for hydroxylation is 2. The molecule has 0 spiro atoms. The molecule has 0 aliphatic heterocycles. The van der Waals surface area contributed by atoms with Gasteiger partial charge in [0.2, 0.25) is 0 Å². The number of methoxy groups -OCH3 is 1. The Kier molecular flexibility index (Phi) is 5.82. The molecule has 0 saturated carbocycles. The second kappa shape index (κ2) is 9.58. The molecule has 0 bridgehead atoms. The summed E-state index contributed by atoms with van der Waals surface area (Å²) < 4.78 is 6.88. The van der Waals surface area contributed by atoms with Crippen molar-refractivity contribution in [1.82, 2.24) is 29.8 Å². The summed E-state index contributed by atoms with van der Waals surface area (Å²) in [5.74, 6) is 1.46. The van der Waals surface area contributed by atoms with Crippen LogP contribution in [0.4, 0.5) is 0 Å². The summed E-state index contributed by atoms with van der Waals surface area (Å²) in [6, 6.07) is 27.5. The van der Waals surface area contributed by atoms with E-state index in [9.17, 15) is 4.79 Å². The lowest BCUT2D eigenvalue weighted by Gasteiger charge is -2.10. The fraction of sp³-hybridized carbons (Fsp3) is 0.103. The summed E-state index contributed by atoms with van der Waals surface area (Å²) in [6.45, 7) is 0. The molecule has 3 aromatic carbocycles. The van der Waals surface area contributed by atoms with Gasteiger partial charge in [0, 0.05) is 12.0 Å². The van der Waals surface area contributed by atoms with Gasteiger partial charge in [-0.05, 0) is 29.7 Å². The van der Waals surface area contributed by atoms with Crippen molar-refractivity contribution in [1.29, 1.82) is 0 Å². The number of rotatable bonds is 7. The van der Waals surface area contributed by atoms with Gasteiger partial charge < -0.3 is 4.74 Å². The second-order valence-corrected chi connectivity index (χ2v) is 8.65. The molecule has 2 N–H and O–H groups in total. The van der Waals surface area contributed by atoms with E-state index in [1.165, 1.54) is 6.33 Å². The van der Waals surface area contributed by atoms with E-state index in [1.807, 2.05) is 84.9 Å². The molecule has 0 unspecified atom stereocenters. The van der Waals surface area contributed by atoms with Crippen LogP contribution in [0.3, 0.4) is 0 Å². The Hall–Kier alpha value is -4.98. The third kappa shape index (κ3) is 4.18. The third-order valence-electron chi connectivity index (χ3n) is 6.42. The van der Waals surface area contributed by atoms with Crippen molar-refractivity contribution in [3.8, 4) is 39.3 Å². The molecule has 0 aliphatic rings. The maximum absolute atomic E-state index is 14.1. The van der Waals surface area contributed by atoms with E-state index < -0.39 is 0 Å². The SMILES string of the molecule is COc1ccc(-c2c(CCc3ncn[nH]3)nc3c(-c4ccccc4)c(-c4ccccc4)[nH]n3c2=O)cc1. The Morgan fingerprint density at radius 2 is 1.49 bits per heavy atom. The molecule has 0 saturated heterocycles. The average Bonchev–Trinajstić information content (AvgIpc) is 3.61. The number of fused-ring (bicyclic) bond motifs is 1. The van der Waals surface area contributed by atoms with Crippen molar-refractivity contribution in [2.75, 3.05) is 7.11 Å². The van der Waals surface area contributed by atoms with Gasteiger partial charge in [-0.15, -0.1) is 0 Å². The average molecular weight is 489 g/mol. The van der Waals surface area contributed by atoms with Gasteiger partial charge >= 0.3 is 0 Å². The van der Waals surface area contributed by atoms with Crippen LogP contribution in [0.15, 0.2) is 96.1 Å². The van der Waals surface area contributed by atoms with E-state index in [0.29, 0.717) is 29.7 Å². The van der Waals surface area contributed by atoms with E-state index in [2.05, 4.69) is 20.3 Å². The van der Waals surface area contributed by atoms with Crippen LogP contribution in [0.2, 0.25) is 0 Å². The van der Waals surface area contributed by atoms with Crippen LogP contribution in [0, 0.1) is 0 Å². The normalized spacial score (nSPS) is 11.2. The summed E-state index contributed by atoms with van der Waals surface area (Å²) in [7, 11) is 1.62. The minimum absolute atomic E-state index is 0.165. The smallest absolute Gasteiger partial charge is 0.280 e. The van der Waals surface area contributed by atoms with Gasteiger partial charge in [0.15, 0.2) is 5.65 Å². The number of nitrogens with one attached hydrogen (secondary N) is 2. The maximum Gasteiger partial charge on any atom is 0.280 e. The Bertz CT molecular complexity index is 1700. The number of H-pyrrole nitrogens is 2. The van der Waals surface area contributed by atoms with Gasteiger partial charge in [0.1, 0.15) is 17.9 Å². The summed E-state index contributed by atoms with van der Waals surface area (Å²) in [6.07, 6.45) is 2.57. The molecular formula is C29H24N6O2. The van der Waals surface area contributed by atoms with Gasteiger partial charge in [0.25, 0.3) is 5.56 Å². The minimum atomic E-state index is -0.165. The highest BCUT2D eigenvalue weighted by molar-refractivity contribution is 5.91. The lowest BCUT2D eigenvalue weighted by atomic mass is 10.00. The quantitative estimate of drug-likeness (QED) is 0.332. The first-order valence-corrected chi connectivity index (χ1v) is 12.0. The Balaban J connectivity index is 1.62. The maximum atomic E-state index is 14.1. The van der Waals surface area contributed by atoms with E-state index in [0.717, 1.165) is 39.5 Å². The molecule has 3 aromatic heterocycles. The molecule has 6 rings (SSSR count). The number of aromatic amines is 2. The molecule has 8 nitrogen and oxygen atoms in total. The first-order valence-electron chi connectivity index (χ1n) is 12.0. The van der Waals surface area contributed by atoms with Gasteiger partial charge in [-0.25, -0.2) is 9.97 Å². The zero-order valence-corrected chi connectivity index (χ0v) is 20.2. The predicted octanol–water partition coefficient (Wildman–Crippen LogP) is 4.94. The van der Waals surface area contributed by atoms with Crippen LogP contribution in [-0.2, 0) is 12.8 Å². The molecule has 0 aliphatic carbocycles. The van der Waals surface area contributed by atoms with Gasteiger partial charge in [0.05, 0.1) is 29.6 Å². The zero-order valence-electron chi connectivity index (χ0n) is 20.2. The van der Waals surface area contributed by atoms with E-state index in [1.54, 1.807) is 11.6 Å². The topological polar surface area (TPSA) is 101 Å². The number of aromatic nitrogens is 6. The molecule has 3 heterocycles. The largest absolute Gasteiger partial charge is 0.497 e. The predicted molar refractivity (Wildman–Crippen MR) is 142 cm³/mol. The van der Waals surface area contributed by atoms with Crippen molar-refractivity contribution in [3.63, 3.8) is 0 Å². The fourth-order valence-corrected chi connectivity index (χ4v) is 4.62. The molecule has 6 aromatic rings. The van der Waals surface area contributed by atoms with Crippen LogP contribution in [0.25, 0.3) is 39.2 Å². The standard InChI is InChI=1S/C29H24N6O2/c1-37-22-14-12-20(13-15-22)25-23(16-17-24-30-18-31-33-24)32-28-26(19-8-4-2-5-9-19)27(34-35(28)29(25)36)21-10-6-3-7-11-21/h2-15,18,34H,16-17H2,1H3,(H,30,31,33). The lowest BCUT2D eigenvalue weighted by Crippen LogP contribution is -2.20. The lowest BCUT2D eigenvalue weighted by molar-refractivity contribution is 0.415. The van der Waals surface area contributed by atoms with Crippen molar-refractivity contribution in [3.05, 3.63) is 113 Å². The van der Waals surface area contributed by atoms with Crippen molar-refractivity contribution >= 4 is 5.65 Å². The zero-order chi connectivity index (χ0) is 25.2. The van der Waals surface area contributed by atoms with Crippen LogP contribution < -0.4 is 10.3 Å². The fourth-order valence-electron chi connectivity index (χ4n) is 4.62. The Morgan fingerprint density at radius 3 is 2.14 bits per heavy atom. The number of ether oxygens (including phenoxy) is 1. The van der Waals surface area contributed by atoms with Crippen molar-refractivity contribution in [2.45, 2.75) is 12.8 Å². The second-order valence-electron chi connectivity index (χ2n) is 8.65. The van der Waals surface area contributed by atoms with Gasteiger partial charge in [-0.2, -0.15) is 9.61 Å². The van der Waals surface area contributed by atoms with E-state index in [-0.39, 0.29) is 5.56 Å². The summed E-state index contributed by atoms with van der Waals surface area (Å²) in [5.41, 5.74) is 6.10. The number of nitrogens with zero attached hydrogens (tertiary/aromatic N) is 4. The molecule has 0 fully saturated rings. The Labute approximate surface area is 212 Å². The molecule has 0 atom stereocenters. The molecule has 0 radical (unpaired) electrons. The summed E-state index contributed by atoms with van der Waals surface area (Å²) in [5, 5.41) is 10.2. The van der Waals surface area contributed by atoms with Crippen molar-refractivity contribution in [2.24, 2.45) is 0 Å². The number of hydrogen-bond acceptors (Lipinski definition) is 5. The molecule has 37 heavy (non-hydrogen) atoms.